The number of hydrogen-bond acceptors (Lipinski definition) is 7. The predicted octanol–water partition coefficient (Wildman–Crippen LogP) is -3.83. The van der Waals surface area contributed by atoms with Crippen LogP contribution in [0.2, 0.25) is 0 Å². The molecular formula is C11H11IN3O4-. The quantitative estimate of drug-likeness (QED) is 0.114. The van der Waals surface area contributed by atoms with Gasteiger partial charge < -0.3 is 0 Å². The Morgan fingerprint density at radius 3 is 2.37 bits per heavy atom. The van der Waals surface area contributed by atoms with E-state index in [1.54, 1.807) is 0 Å². The SMILES string of the molecule is N=CC1(C=N)OC(=O)C(=C2CC3[I-]C3CN2)C(=O)O1. The molecule has 3 aliphatic rings. The summed E-state index contributed by atoms with van der Waals surface area (Å²) in [7, 11) is 0. The monoisotopic (exact) mass is 376 g/mol. The molecule has 0 radical (unpaired) electrons. The van der Waals surface area contributed by atoms with Crippen molar-refractivity contribution in [1.29, 1.82) is 10.8 Å². The van der Waals surface area contributed by atoms with Gasteiger partial charge in [0.1, 0.15) is 0 Å². The van der Waals surface area contributed by atoms with E-state index in [0.717, 1.165) is 10.5 Å². The van der Waals surface area contributed by atoms with Crippen LogP contribution in [-0.4, -0.2) is 44.5 Å². The van der Waals surface area contributed by atoms with Crippen LogP contribution in [0.1, 0.15) is 6.42 Å². The van der Waals surface area contributed by atoms with Crippen molar-refractivity contribution in [3.05, 3.63) is 11.3 Å². The van der Waals surface area contributed by atoms with Crippen molar-refractivity contribution >= 4 is 24.4 Å². The molecule has 2 atom stereocenters. The number of hydrogen-bond donors (Lipinski definition) is 3. The number of alkyl halides is 2. The molecule has 8 heteroatoms. The van der Waals surface area contributed by atoms with Crippen LogP contribution < -0.4 is 26.5 Å². The van der Waals surface area contributed by atoms with Crippen molar-refractivity contribution < 1.29 is 40.3 Å². The molecule has 0 aromatic rings. The normalized spacial score (nSPS) is 37.1. The number of piperidine rings is 1. The van der Waals surface area contributed by atoms with Gasteiger partial charge >= 0.3 is 119 Å². The maximum atomic E-state index is 11.9. The Bertz CT molecular complexity index is 500. The van der Waals surface area contributed by atoms with Crippen LogP contribution in [0.3, 0.4) is 0 Å². The van der Waals surface area contributed by atoms with Crippen molar-refractivity contribution in [2.45, 2.75) is 20.1 Å². The number of allylic oxidation sites excluding steroid dienone is 1. The molecule has 3 rings (SSSR count). The fraction of sp³-hybridized carbons (Fsp3) is 0.455. The van der Waals surface area contributed by atoms with E-state index in [1.165, 1.54) is 0 Å². The zero-order chi connectivity index (χ0) is 13.6. The number of nitrogens with one attached hydrogen (secondary N) is 3. The third-order valence-electron chi connectivity index (χ3n) is 3.18. The summed E-state index contributed by atoms with van der Waals surface area (Å²) >= 11 is 0.193. The Labute approximate surface area is 119 Å². The first-order valence-electron chi connectivity index (χ1n) is 5.67. The molecule has 0 spiro atoms. The van der Waals surface area contributed by atoms with Crippen molar-refractivity contribution in [1.82, 2.24) is 5.32 Å². The van der Waals surface area contributed by atoms with Crippen molar-refractivity contribution in [3.8, 4) is 0 Å². The number of carbonyl (C=O) groups excluding carboxylic acids is 2. The minimum atomic E-state index is -1.98. The van der Waals surface area contributed by atoms with Crippen LogP contribution in [0, 0.1) is 10.8 Å². The van der Waals surface area contributed by atoms with Gasteiger partial charge in [-0.3, -0.25) is 0 Å². The van der Waals surface area contributed by atoms with Gasteiger partial charge in [0.25, 0.3) is 0 Å². The summed E-state index contributed by atoms with van der Waals surface area (Å²) in [6, 6.07) is 0. The summed E-state index contributed by atoms with van der Waals surface area (Å²) < 4.78 is 11.2. The molecule has 0 aromatic carbocycles. The van der Waals surface area contributed by atoms with E-state index in [0.29, 0.717) is 28.5 Å². The van der Waals surface area contributed by atoms with E-state index in [-0.39, 0.29) is 26.8 Å². The minimum absolute atomic E-state index is 0.117. The second-order valence-electron chi connectivity index (χ2n) is 4.39. The Morgan fingerprint density at radius 2 is 1.84 bits per heavy atom. The first-order chi connectivity index (χ1) is 9.08. The summed E-state index contributed by atoms with van der Waals surface area (Å²) in [6.07, 6.45) is 1.93. The Balaban J connectivity index is 1.90. The third kappa shape index (κ3) is 2.03. The molecule has 0 aromatic heterocycles. The summed E-state index contributed by atoms with van der Waals surface area (Å²) in [5, 5.41) is 17.3. The third-order valence-corrected chi connectivity index (χ3v) is 6.81. The molecule has 0 aliphatic carbocycles. The van der Waals surface area contributed by atoms with E-state index < -0.39 is 17.7 Å². The van der Waals surface area contributed by atoms with Gasteiger partial charge in [0.15, 0.2) is 0 Å². The number of esters is 2. The average molecular weight is 376 g/mol. The van der Waals surface area contributed by atoms with Crippen LogP contribution in [-0.2, 0) is 19.1 Å². The van der Waals surface area contributed by atoms with Crippen molar-refractivity contribution in [2.75, 3.05) is 6.54 Å². The topological polar surface area (TPSA) is 112 Å². The standard InChI is InChI=1S/C11H11IN3O4/c13-3-11(4-14)18-9(16)8(10(17)19-11)7-1-5-6(12-5)2-15-7/h3-6,13-15H,1-2H2/q-1. The predicted molar refractivity (Wildman–Crippen MR) is 59.7 cm³/mol. The summed E-state index contributed by atoms with van der Waals surface area (Å²) in [4.78, 5) is 23.9. The number of carbonyl (C=O) groups is 2. The van der Waals surface area contributed by atoms with Gasteiger partial charge in [0.05, 0.1) is 0 Å². The molecule has 3 aliphatic heterocycles. The van der Waals surface area contributed by atoms with E-state index >= 15 is 0 Å². The number of fused-ring (bicyclic) bond motifs is 1. The summed E-state index contributed by atoms with van der Waals surface area (Å²) in [5.74, 6) is -3.65. The van der Waals surface area contributed by atoms with Crippen LogP contribution in [0.4, 0.5) is 0 Å². The van der Waals surface area contributed by atoms with Gasteiger partial charge in [0.2, 0.25) is 0 Å². The van der Waals surface area contributed by atoms with Crippen LogP contribution in [0.25, 0.3) is 0 Å². The van der Waals surface area contributed by atoms with E-state index in [1.807, 2.05) is 0 Å². The number of halogens is 1. The van der Waals surface area contributed by atoms with Gasteiger partial charge in [-0.15, -0.1) is 0 Å². The van der Waals surface area contributed by atoms with Gasteiger partial charge in [-0.2, -0.15) is 0 Å². The molecule has 3 heterocycles. The fourth-order valence-electron chi connectivity index (χ4n) is 2.09. The Morgan fingerprint density at radius 1 is 1.21 bits per heavy atom. The van der Waals surface area contributed by atoms with Crippen LogP contribution in [0.15, 0.2) is 11.3 Å². The number of rotatable bonds is 2. The van der Waals surface area contributed by atoms with E-state index in [9.17, 15) is 9.59 Å². The molecule has 0 saturated carbocycles. The zero-order valence-corrected chi connectivity index (χ0v) is 11.9. The summed E-state index contributed by atoms with van der Waals surface area (Å²) in [6.45, 7) is 0.803. The first-order valence-corrected chi connectivity index (χ1v) is 8.16. The fourth-order valence-corrected chi connectivity index (χ4v) is 4.72. The number of cyclic esters (lactones) is 2. The molecule has 102 valence electrons. The number of ether oxygens (including phenoxy) is 2. The van der Waals surface area contributed by atoms with Crippen molar-refractivity contribution in [2.24, 2.45) is 0 Å². The van der Waals surface area contributed by atoms with Gasteiger partial charge in [-0.25, -0.2) is 0 Å². The first kappa shape index (κ1) is 12.6. The second-order valence-corrected chi connectivity index (χ2v) is 8.30. The van der Waals surface area contributed by atoms with Gasteiger partial charge in [0, 0.05) is 0 Å². The molecule has 3 fully saturated rings. The molecule has 7 nitrogen and oxygen atoms in total. The second kappa shape index (κ2) is 4.29. The van der Waals surface area contributed by atoms with Gasteiger partial charge in [-0.05, 0) is 0 Å². The summed E-state index contributed by atoms with van der Waals surface area (Å²) in [5.41, 5.74) is 0.464. The van der Waals surface area contributed by atoms with E-state index in [2.05, 4.69) is 5.32 Å². The zero-order valence-electron chi connectivity index (χ0n) is 9.73. The molecule has 19 heavy (non-hydrogen) atoms. The van der Waals surface area contributed by atoms with E-state index in [4.69, 9.17) is 20.3 Å². The molecule has 2 unspecified atom stereocenters. The Kier molecular flexibility index (Phi) is 2.84. The maximum absolute atomic E-state index is 11.9. The van der Waals surface area contributed by atoms with Crippen molar-refractivity contribution in [3.63, 3.8) is 0 Å². The molecule has 0 amide bonds. The molecule has 3 N–H and O–H groups in total. The van der Waals surface area contributed by atoms with Crippen LogP contribution >= 0.6 is 0 Å². The van der Waals surface area contributed by atoms with Crippen LogP contribution in [0.5, 0.6) is 0 Å². The molecule has 3 saturated heterocycles. The molecular weight excluding hydrogens is 365 g/mol. The molecule has 0 bridgehead atoms. The average Bonchev–Trinajstić information content (AvgIpc) is 3.16. The Hall–Kier alpha value is -1.45. The van der Waals surface area contributed by atoms with Gasteiger partial charge in [-0.1, -0.05) is 0 Å².